The molecule has 2 aliphatic rings. The number of Topliss-reactive ketones (excluding diaryl/α,β-unsaturated/α-hetero) is 1. The van der Waals surface area contributed by atoms with E-state index in [-0.39, 0.29) is 11.9 Å². The maximum absolute atomic E-state index is 12.3. The van der Waals surface area contributed by atoms with Crippen molar-refractivity contribution in [3.63, 3.8) is 0 Å². The summed E-state index contributed by atoms with van der Waals surface area (Å²) in [6.07, 6.45) is 3.75. The summed E-state index contributed by atoms with van der Waals surface area (Å²) in [4.78, 5) is 14.6. The first-order chi connectivity index (χ1) is 9.13. The van der Waals surface area contributed by atoms with Gasteiger partial charge in [0.1, 0.15) is 0 Å². The number of carbonyl (C=O) groups is 1. The molecule has 2 saturated heterocycles. The van der Waals surface area contributed by atoms with Crippen LogP contribution in [0, 0.1) is 3.57 Å². The Morgan fingerprint density at radius 2 is 1.79 bits per heavy atom. The van der Waals surface area contributed by atoms with Crippen LogP contribution in [0.4, 0.5) is 0 Å². The van der Waals surface area contributed by atoms with Crippen LogP contribution in [0.3, 0.4) is 0 Å². The maximum atomic E-state index is 12.3. The summed E-state index contributed by atoms with van der Waals surface area (Å²) >= 11 is 2.24. The van der Waals surface area contributed by atoms with Crippen molar-refractivity contribution in [3.05, 3.63) is 33.4 Å². The van der Waals surface area contributed by atoms with Gasteiger partial charge in [0, 0.05) is 21.2 Å². The maximum Gasteiger partial charge on any atom is 0.176 e. The van der Waals surface area contributed by atoms with Crippen LogP contribution < -0.4 is 0 Å². The van der Waals surface area contributed by atoms with Gasteiger partial charge in [-0.25, -0.2) is 0 Å². The first-order valence-corrected chi connectivity index (χ1v) is 7.94. The van der Waals surface area contributed by atoms with E-state index in [2.05, 4.69) is 27.5 Å². The molecule has 0 spiro atoms. The van der Waals surface area contributed by atoms with Crippen LogP contribution in [-0.4, -0.2) is 40.5 Å². The van der Waals surface area contributed by atoms with E-state index >= 15 is 0 Å². The number of fused-ring (bicyclic) bond motifs is 2. The number of carbonyl (C=O) groups excluding carboxylic acids is 1. The van der Waals surface area contributed by atoms with E-state index in [1.807, 2.05) is 24.3 Å². The van der Waals surface area contributed by atoms with E-state index in [1.165, 1.54) is 0 Å². The lowest BCUT2D eigenvalue weighted by molar-refractivity contribution is 0.0344. The van der Waals surface area contributed by atoms with Gasteiger partial charge in [0.15, 0.2) is 5.78 Å². The van der Waals surface area contributed by atoms with Crippen LogP contribution in [0.5, 0.6) is 0 Å². The molecule has 2 aliphatic heterocycles. The number of aliphatic hydroxyl groups is 1. The lowest BCUT2D eigenvalue weighted by Crippen LogP contribution is -2.46. The number of nitrogens with zero attached hydrogens (tertiary/aromatic N) is 1. The Morgan fingerprint density at radius 3 is 2.37 bits per heavy atom. The SMILES string of the molecule is O=C(CN1C2CCC1CC(O)C2)c1ccc(I)cc1. The quantitative estimate of drug-likeness (QED) is 0.656. The largest absolute Gasteiger partial charge is 0.393 e. The Balaban J connectivity index is 1.69. The van der Waals surface area contributed by atoms with Gasteiger partial charge < -0.3 is 5.11 Å². The summed E-state index contributed by atoms with van der Waals surface area (Å²) in [6.45, 7) is 0.503. The molecular formula is C15H18INO2. The smallest absolute Gasteiger partial charge is 0.176 e. The van der Waals surface area contributed by atoms with Crippen molar-refractivity contribution in [2.45, 2.75) is 43.9 Å². The van der Waals surface area contributed by atoms with Gasteiger partial charge in [-0.1, -0.05) is 12.1 Å². The highest BCUT2D eigenvalue weighted by molar-refractivity contribution is 14.1. The highest BCUT2D eigenvalue weighted by Gasteiger charge is 2.40. The lowest BCUT2D eigenvalue weighted by Gasteiger charge is -2.36. The van der Waals surface area contributed by atoms with Gasteiger partial charge in [-0.05, 0) is 60.4 Å². The molecule has 1 N–H and O–H groups in total. The molecule has 1 aromatic carbocycles. The molecule has 102 valence electrons. The lowest BCUT2D eigenvalue weighted by atomic mass is 9.99. The van der Waals surface area contributed by atoms with Crippen LogP contribution in [0.2, 0.25) is 0 Å². The van der Waals surface area contributed by atoms with Crippen molar-refractivity contribution in [2.24, 2.45) is 0 Å². The molecule has 2 unspecified atom stereocenters. The molecule has 3 rings (SSSR count). The summed E-state index contributed by atoms with van der Waals surface area (Å²) in [5, 5.41) is 9.78. The molecular weight excluding hydrogens is 353 g/mol. The van der Waals surface area contributed by atoms with E-state index < -0.39 is 0 Å². The normalized spacial score (nSPS) is 30.5. The van der Waals surface area contributed by atoms with E-state index in [4.69, 9.17) is 0 Å². The Kier molecular flexibility index (Phi) is 3.91. The van der Waals surface area contributed by atoms with Crippen LogP contribution in [0.1, 0.15) is 36.0 Å². The zero-order valence-corrected chi connectivity index (χ0v) is 12.9. The van der Waals surface area contributed by atoms with Gasteiger partial charge in [-0.3, -0.25) is 9.69 Å². The summed E-state index contributed by atoms with van der Waals surface area (Å²) < 4.78 is 1.15. The molecule has 0 aliphatic carbocycles. The Labute approximate surface area is 127 Å². The summed E-state index contributed by atoms with van der Waals surface area (Å²) in [5.74, 6) is 0.199. The second-order valence-corrected chi connectivity index (χ2v) is 6.86. The minimum Gasteiger partial charge on any atom is -0.393 e. The number of rotatable bonds is 3. The van der Waals surface area contributed by atoms with Gasteiger partial charge in [-0.15, -0.1) is 0 Å². The molecule has 4 heteroatoms. The number of hydrogen-bond acceptors (Lipinski definition) is 3. The highest BCUT2D eigenvalue weighted by atomic mass is 127. The number of ketones is 1. The fourth-order valence-electron chi connectivity index (χ4n) is 3.40. The Hall–Kier alpha value is -0.460. The molecule has 0 amide bonds. The number of aliphatic hydroxyl groups excluding tert-OH is 1. The van der Waals surface area contributed by atoms with Crippen molar-refractivity contribution in [3.8, 4) is 0 Å². The second-order valence-electron chi connectivity index (χ2n) is 5.61. The first kappa shape index (κ1) is 13.5. The van der Waals surface area contributed by atoms with E-state index in [0.29, 0.717) is 18.6 Å². The van der Waals surface area contributed by atoms with Gasteiger partial charge in [0.05, 0.1) is 12.6 Å². The molecule has 0 saturated carbocycles. The van der Waals surface area contributed by atoms with Crippen LogP contribution >= 0.6 is 22.6 Å². The Morgan fingerprint density at radius 1 is 1.21 bits per heavy atom. The number of hydrogen-bond donors (Lipinski definition) is 1. The van der Waals surface area contributed by atoms with Gasteiger partial charge >= 0.3 is 0 Å². The third-order valence-corrected chi connectivity index (χ3v) is 5.07. The van der Waals surface area contributed by atoms with Crippen LogP contribution in [0.15, 0.2) is 24.3 Å². The minimum absolute atomic E-state index is 0.165. The zero-order valence-electron chi connectivity index (χ0n) is 10.8. The monoisotopic (exact) mass is 371 g/mol. The predicted molar refractivity (Wildman–Crippen MR) is 82.2 cm³/mol. The zero-order chi connectivity index (χ0) is 13.4. The number of benzene rings is 1. The van der Waals surface area contributed by atoms with Crippen molar-refractivity contribution >= 4 is 28.4 Å². The fraction of sp³-hybridized carbons (Fsp3) is 0.533. The summed E-state index contributed by atoms with van der Waals surface area (Å²) in [5.41, 5.74) is 0.797. The van der Waals surface area contributed by atoms with Crippen molar-refractivity contribution < 1.29 is 9.90 Å². The fourth-order valence-corrected chi connectivity index (χ4v) is 3.76. The second kappa shape index (κ2) is 5.50. The van der Waals surface area contributed by atoms with Gasteiger partial charge in [0.25, 0.3) is 0 Å². The number of piperidine rings is 1. The minimum atomic E-state index is -0.165. The topological polar surface area (TPSA) is 40.5 Å². The van der Waals surface area contributed by atoms with Gasteiger partial charge in [0.2, 0.25) is 0 Å². The van der Waals surface area contributed by atoms with E-state index in [0.717, 1.165) is 34.8 Å². The third kappa shape index (κ3) is 2.85. The third-order valence-electron chi connectivity index (χ3n) is 4.35. The van der Waals surface area contributed by atoms with Crippen LogP contribution in [-0.2, 0) is 0 Å². The Bertz CT molecular complexity index is 460. The van der Waals surface area contributed by atoms with Crippen molar-refractivity contribution in [2.75, 3.05) is 6.54 Å². The molecule has 0 radical (unpaired) electrons. The van der Waals surface area contributed by atoms with E-state index in [9.17, 15) is 9.90 Å². The predicted octanol–water partition coefficient (Wildman–Crippen LogP) is 2.46. The molecule has 2 fully saturated rings. The summed E-state index contributed by atoms with van der Waals surface area (Å²) in [6, 6.07) is 8.57. The van der Waals surface area contributed by atoms with E-state index in [1.54, 1.807) is 0 Å². The molecule has 2 atom stereocenters. The highest BCUT2D eigenvalue weighted by Crippen LogP contribution is 2.35. The van der Waals surface area contributed by atoms with Crippen molar-refractivity contribution in [1.29, 1.82) is 0 Å². The van der Waals surface area contributed by atoms with Crippen LogP contribution in [0.25, 0.3) is 0 Å². The molecule has 2 heterocycles. The summed E-state index contributed by atoms with van der Waals surface area (Å²) in [7, 11) is 0. The first-order valence-electron chi connectivity index (χ1n) is 6.86. The average Bonchev–Trinajstić information content (AvgIpc) is 2.62. The van der Waals surface area contributed by atoms with Crippen molar-refractivity contribution in [1.82, 2.24) is 4.90 Å². The number of halogens is 1. The molecule has 3 nitrogen and oxygen atoms in total. The molecule has 19 heavy (non-hydrogen) atoms. The molecule has 0 aromatic heterocycles. The molecule has 1 aromatic rings. The van der Waals surface area contributed by atoms with Gasteiger partial charge in [-0.2, -0.15) is 0 Å². The molecule has 2 bridgehead atoms. The standard InChI is InChI=1S/C15H18INO2/c16-11-3-1-10(2-4-11)15(19)9-17-12-5-6-13(17)8-14(18)7-12/h1-4,12-14,18H,5-9H2. The average molecular weight is 371 g/mol.